The SMILES string of the molecule is CC(C)(C)N1C[C@H](c2nc3ccccc3n2CCCOc2ccccc2Cl)CC1=O. The second kappa shape index (κ2) is 8.31. The van der Waals surface area contributed by atoms with Gasteiger partial charge in [-0.3, -0.25) is 4.79 Å². The largest absolute Gasteiger partial charge is 0.492 e. The van der Waals surface area contributed by atoms with Crippen LogP contribution >= 0.6 is 11.6 Å². The average molecular weight is 426 g/mol. The number of rotatable bonds is 6. The number of nitrogens with zero attached hydrogens (tertiary/aromatic N) is 3. The Morgan fingerprint density at radius 3 is 2.60 bits per heavy atom. The quantitative estimate of drug-likeness (QED) is 0.505. The molecular weight excluding hydrogens is 398 g/mol. The number of ether oxygens (including phenoxy) is 1. The molecule has 158 valence electrons. The molecule has 0 unspecified atom stereocenters. The van der Waals surface area contributed by atoms with Crippen LogP contribution in [0.15, 0.2) is 48.5 Å². The molecule has 1 aliphatic rings. The Morgan fingerprint density at radius 2 is 1.87 bits per heavy atom. The van der Waals surface area contributed by atoms with Crippen LogP contribution in [0.1, 0.15) is 45.4 Å². The van der Waals surface area contributed by atoms with Crippen molar-refractivity contribution < 1.29 is 9.53 Å². The van der Waals surface area contributed by atoms with Gasteiger partial charge in [-0.15, -0.1) is 0 Å². The molecule has 1 fully saturated rings. The number of carbonyl (C=O) groups is 1. The topological polar surface area (TPSA) is 47.4 Å². The van der Waals surface area contributed by atoms with Crippen molar-refractivity contribution in [3.05, 3.63) is 59.4 Å². The highest BCUT2D eigenvalue weighted by Gasteiger charge is 2.38. The van der Waals surface area contributed by atoms with E-state index in [1.807, 2.05) is 47.4 Å². The van der Waals surface area contributed by atoms with Gasteiger partial charge in [0.05, 0.1) is 22.7 Å². The number of para-hydroxylation sites is 3. The smallest absolute Gasteiger partial charge is 0.223 e. The molecular formula is C24H28ClN3O2. The van der Waals surface area contributed by atoms with Crippen LogP contribution in [0.25, 0.3) is 11.0 Å². The second-order valence-corrected chi connectivity index (χ2v) is 9.23. The van der Waals surface area contributed by atoms with Crippen LogP contribution in [0, 0.1) is 0 Å². The second-order valence-electron chi connectivity index (χ2n) is 8.82. The highest BCUT2D eigenvalue weighted by molar-refractivity contribution is 6.32. The van der Waals surface area contributed by atoms with Crippen LogP contribution in [0.3, 0.4) is 0 Å². The van der Waals surface area contributed by atoms with Crippen molar-refractivity contribution in [1.29, 1.82) is 0 Å². The molecule has 30 heavy (non-hydrogen) atoms. The van der Waals surface area contributed by atoms with E-state index in [1.165, 1.54) is 0 Å². The van der Waals surface area contributed by atoms with Crippen LogP contribution in [0.5, 0.6) is 5.75 Å². The molecule has 1 atom stereocenters. The summed E-state index contributed by atoms with van der Waals surface area (Å²) in [7, 11) is 0. The number of likely N-dealkylation sites (tertiary alicyclic amines) is 1. The zero-order valence-electron chi connectivity index (χ0n) is 17.8. The van der Waals surface area contributed by atoms with Crippen molar-refractivity contribution in [2.24, 2.45) is 0 Å². The molecule has 1 aromatic heterocycles. The fourth-order valence-electron chi connectivity index (χ4n) is 4.14. The molecule has 1 amide bonds. The van der Waals surface area contributed by atoms with Gasteiger partial charge in [0.2, 0.25) is 5.91 Å². The minimum atomic E-state index is -0.175. The van der Waals surface area contributed by atoms with Gasteiger partial charge in [0.25, 0.3) is 0 Å². The summed E-state index contributed by atoms with van der Waals surface area (Å²) in [6.07, 6.45) is 1.33. The first-order valence-electron chi connectivity index (χ1n) is 10.5. The van der Waals surface area contributed by atoms with E-state index in [-0.39, 0.29) is 17.4 Å². The van der Waals surface area contributed by atoms with Crippen LogP contribution in [-0.4, -0.2) is 39.0 Å². The summed E-state index contributed by atoms with van der Waals surface area (Å²) in [5.41, 5.74) is 1.90. The Hall–Kier alpha value is -2.53. The molecule has 0 saturated carbocycles. The lowest BCUT2D eigenvalue weighted by Crippen LogP contribution is -2.42. The van der Waals surface area contributed by atoms with Gasteiger partial charge in [0, 0.05) is 31.0 Å². The number of benzene rings is 2. The van der Waals surface area contributed by atoms with E-state index in [9.17, 15) is 4.79 Å². The lowest BCUT2D eigenvalue weighted by molar-refractivity contribution is -0.131. The third-order valence-electron chi connectivity index (χ3n) is 5.60. The maximum atomic E-state index is 12.6. The maximum Gasteiger partial charge on any atom is 0.223 e. The summed E-state index contributed by atoms with van der Waals surface area (Å²) in [5, 5.41) is 0.623. The molecule has 4 rings (SSSR count). The van der Waals surface area contributed by atoms with Crippen molar-refractivity contribution >= 4 is 28.5 Å². The van der Waals surface area contributed by atoms with Crippen LogP contribution < -0.4 is 4.74 Å². The molecule has 3 aromatic rings. The molecule has 6 heteroatoms. The van der Waals surface area contributed by atoms with Crippen LogP contribution in [0.4, 0.5) is 0 Å². The Bertz CT molecular complexity index is 1050. The van der Waals surface area contributed by atoms with E-state index in [2.05, 4.69) is 31.4 Å². The number of aromatic nitrogens is 2. The Labute approximate surface area is 182 Å². The van der Waals surface area contributed by atoms with Crippen molar-refractivity contribution in [2.75, 3.05) is 13.2 Å². The van der Waals surface area contributed by atoms with E-state index in [1.54, 1.807) is 0 Å². The fraction of sp³-hybridized carbons (Fsp3) is 0.417. The molecule has 2 heterocycles. The molecule has 1 aliphatic heterocycles. The Morgan fingerprint density at radius 1 is 1.13 bits per heavy atom. The molecule has 0 bridgehead atoms. The minimum absolute atomic E-state index is 0.105. The lowest BCUT2D eigenvalue weighted by Gasteiger charge is -2.32. The first-order valence-corrected chi connectivity index (χ1v) is 10.9. The van der Waals surface area contributed by atoms with Gasteiger partial charge in [-0.1, -0.05) is 35.9 Å². The van der Waals surface area contributed by atoms with Gasteiger partial charge in [0.1, 0.15) is 11.6 Å². The normalized spacial score (nSPS) is 17.1. The summed E-state index contributed by atoms with van der Waals surface area (Å²) in [6, 6.07) is 15.7. The van der Waals surface area contributed by atoms with Crippen LogP contribution in [0.2, 0.25) is 5.02 Å². The van der Waals surface area contributed by atoms with Gasteiger partial charge >= 0.3 is 0 Å². The zero-order chi connectivity index (χ0) is 21.3. The zero-order valence-corrected chi connectivity index (χ0v) is 18.5. The predicted octanol–water partition coefficient (Wildman–Crippen LogP) is 5.27. The fourth-order valence-corrected chi connectivity index (χ4v) is 4.33. The van der Waals surface area contributed by atoms with E-state index < -0.39 is 0 Å². The van der Waals surface area contributed by atoms with E-state index >= 15 is 0 Å². The average Bonchev–Trinajstić information content (AvgIpc) is 3.27. The number of amides is 1. The summed E-state index contributed by atoms with van der Waals surface area (Å²) in [4.78, 5) is 19.5. The summed E-state index contributed by atoms with van der Waals surface area (Å²) in [5.74, 6) is 2.01. The van der Waals surface area contributed by atoms with E-state index in [4.69, 9.17) is 21.3 Å². The lowest BCUT2D eigenvalue weighted by atomic mass is 10.1. The number of carbonyl (C=O) groups excluding carboxylic acids is 1. The number of halogens is 1. The molecule has 0 N–H and O–H groups in total. The monoisotopic (exact) mass is 425 g/mol. The van der Waals surface area contributed by atoms with Gasteiger partial charge in [-0.25, -0.2) is 4.98 Å². The van der Waals surface area contributed by atoms with Crippen molar-refractivity contribution in [2.45, 2.75) is 51.6 Å². The van der Waals surface area contributed by atoms with Gasteiger partial charge in [-0.2, -0.15) is 0 Å². The van der Waals surface area contributed by atoms with Crippen molar-refractivity contribution in [3.63, 3.8) is 0 Å². The van der Waals surface area contributed by atoms with Gasteiger partial charge < -0.3 is 14.2 Å². The summed E-state index contributed by atoms with van der Waals surface area (Å²) < 4.78 is 8.12. The minimum Gasteiger partial charge on any atom is -0.492 e. The molecule has 0 spiro atoms. The van der Waals surface area contributed by atoms with Crippen molar-refractivity contribution in [1.82, 2.24) is 14.5 Å². The molecule has 5 nitrogen and oxygen atoms in total. The number of hydrogen-bond donors (Lipinski definition) is 0. The third-order valence-corrected chi connectivity index (χ3v) is 5.92. The number of fused-ring (bicyclic) bond motifs is 1. The summed E-state index contributed by atoms with van der Waals surface area (Å²) in [6.45, 7) is 8.31. The van der Waals surface area contributed by atoms with Gasteiger partial charge in [0.15, 0.2) is 0 Å². The van der Waals surface area contributed by atoms with E-state index in [0.717, 1.165) is 29.8 Å². The Kier molecular flexibility index (Phi) is 5.74. The van der Waals surface area contributed by atoms with Gasteiger partial charge in [-0.05, 0) is 51.5 Å². The first-order chi connectivity index (χ1) is 14.3. The van der Waals surface area contributed by atoms with Crippen LogP contribution in [-0.2, 0) is 11.3 Å². The molecule has 2 aromatic carbocycles. The molecule has 0 aliphatic carbocycles. The molecule has 1 saturated heterocycles. The predicted molar refractivity (Wildman–Crippen MR) is 120 cm³/mol. The molecule has 0 radical (unpaired) electrons. The number of hydrogen-bond acceptors (Lipinski definition) is 3. The van der Waals surface area contributed by atoms with E-state index in [0.29, 0.717) is 30.3 Å². The highest BCUT2D eigenvalue weighted by Crippen LogP contribution is 2.34. The Balaban J connectivity index is 1.52. The first kappa shape index (κ1) is 20.7. The standard InChI is InChI=1S/C24H28ClN3O2/c1-24(2,3)28-16-17(15-22(28)29)23-26-19-10-5-6-11-20(19)27(23)13-8-14-30-21-12-7-4-9-18(21)25/h4-7,9-12,17H,8,13-16H2,1-3H3/t17-/m1/s1. The maximum absolute atomic E-state index is 12.6. The highest BCUT2D eigenvalue weighted by atomic mass is 35.5. The number of aryl methyl sites for hydroxylation is 1. The third kappa shape index (κ3) is 4.17. The number of imidazole rings is 1. The summed E-state index contributed by atoms with van der Waals surface area (Å²) >= 11 is 6.18. The van der Waals surface area contributed by atoms with Crippen molar-refractivity contribution in [3.8, 4) is 5.75 Å².